The van der Waals surface area contributed by atoms with Crippen molar-refractivity contribution >= 4 is 11.9 Å². The monoisotopic (exact) mass is 438 g/mol. The van der Waals surface area contributed by atoms with Crippen molar-refractivity contribution < 1.29 is 13.9 Å². The molecule has 0 spiro atoms. The van der Waals surface area contributed by atoms with Gasteiger partial charge in [-0.25, -0.2) is 14.4 Å². The Hall–Kier alpha value is -3.55. The van der Waals surface area contributed by atoms with Crippen LogP contribution in [0.1, 0.15) is 37.7 Å². The van der Waals surface area contributed by atoms with E-state index in [0.29, 0.717) is 11.3 Å². The van der Waals surface area contributed by atoms with E-state index in [1.807, 2.05) is 6.92 Å². The summed E-state index contributed by atoms with van der Waals surface area (Å²) in [4.78, 5) is 30.5. The van der Waals surface area contributed by atoms with Crippen LogP contribution < -0.4 is 11.3 Å². The minimum Gasteiger partial charge on any atom is -0.469 e. The molecule has 2 N–H and O–H groups in total. The molecule has 1 aliphatic rings. The second-order valence-electron chi connectivity index (χ2n) is 7.75. The van der Waals surface area contributed by atoms with Crippen molar-refractivity contribution in [1.82, 2.24) is 14.5 Å². The van der Waals surface area contributed by atoms with E-state index in [1.165, 1.54) is 37.0 Å². The Bertz CT molecular complexity index is 1140. The minimum absolute atomic E-state index is 0.00507. The molecule has 2 heterocycles. The molecule has 0 saturated heterocycles. The van der Waals surface area contributed by atoms with Crippen LogP contribution in [0.5, 0.6) is 0 Å². The van der Waals surface area contributed by atoms with Gasteiger partial charge in [0.2, 0.25) is 5.95 Å². The van der Waals surface area contributed by atoms with E-state index >= 15 is 0 Å². The number of hydrogen-bond donors (Lipinski definition) is 1. The number of nitrogens with zero attached hydrogens (tertiary/aromatic N) is 3. The minimum atomic E-state index is -0.567. The zero-order valence-electron chi connectivity index (χ0n) is 18.3. The second-order valence-corrected chi connectivity index (χ2v) is 7.75. The molecule has 32 heavy (non-hydrogen) atoms. The second kappa shape index (κ2) is 10.7. The quantitative estimate of drug-likeness (QED) is 0.619. The molecule has 1 fully saturated rings. The lowest BCUT2D eigenvalue weighted by molar-refractivity contribution is -0.146. The molecule has 0 aliphatic heterocycles. The number of nitrogen functional groups attached to an aromatic ring is 1. The number of carbonyl (C=O) groups is 1. The van der Waals surface area contributed by atoms with Crippen molar-refractivity contribution in [2.24, 2.45) is 5.92 Å². The summed E-state index contributed by atoms with van der Waals surface area (Å²) in [5.74, 6) is -0.379. The van der Waals surface area contributed by atoms with Crippen molar-refractivity contribution in [1.29, 1.82) is 0 Å². The van der Waals surface area contributed by atoms with Crippen LogP contribution >= 0.6 is 0 Å². The Kier molecular flexibility index (Phi) is 7.70. The summed E-state index contributed by atoms with van der Waals surface area (Å²) in [5.41, 5.74) is 7.56. The number of pyridine rings is 1. The van der Waals surface area contributed by atoms with E-state index in [4.69, 9.17) is 5.73 Å². The highest BCUT2D eigenvalue weighted by Crippen LogP contribution is 2.24. The summed E-state index contributed by atoms with van der Waals surface area (Å²) < 4.78 is 20.0. The average Bonchev–Trinajstić information content (AvgIpc) is 2.82. The first kappa shape index (κ1) is 23.1. The summed E-state index contributed by atoms with van der Waals surface area (Å²) in [6, 6.07) is 10.1. The lowest BCUT2D eigenvalue weighted by atomic mass is 9.89. The molecule has 1 aromatic carbocycles. The van der Waals surface area contributed by atoms with E-state index in [1.54, 1.807) is 36.5 Å². The molecule has 1 aliphatic carbocycles. The third kappa shape index (κ3) is 5.78. The highest BCUT2D eigenvalue weighted by Gasteiger charge is 2.20. The highest BCUT2D eigenvalue weighted by molar-refractivity contribution is 5.72. The first-order chi connectivity index (χ1) is 15.4. The van der Waals surface area contributed by atoms with Gasteiger partial charge in [0, 0.05) is 23.5 Å². The van der Waals surface area contributed by atoms with Crippen LogP contribution in [0.15, 0.2) is 53.6 Å². The van der Waals surface area contributed by atoms with Gasteiger partial charge in [-0.15, -0.1) is 0 Å². The number of esters is 1. The first-order valence-corrected chi connectivity index (χ1v) is 10.5. The molecule has 168 valence electrons. The molecule has 3 aromatic rings. The van der Waals surface area contributed by atoms with E-state index < -0.39 is 5.82 Å². The van der Waals surface area contributed by atoms with Crippen LogP contribution in [-0.2, 0) is 9.53 Å². The molecule has 1 saturated carbocycles. The van der Waals surface area contributed by atoms with Gasteiger partial charge in [-0.2, -0.15) is 0 Å². The zero-order chi connectivity index (χ0) is 23.1. The molecule has 0 amide bonds. The number of methoxy groups -OCH3 is 1. The van der Waals surface area contributed by atoms with Gasteiger partial charge < -0.3 is 10.5 Å². The third-order valence-electron chi connectivity index (χ3n) is 5.36. The summed E-state index contributed by atoms with van der Waals surface area (Å²) in [6.45, 7) is 1.89. The topological polar surface area (TPSA) is 100 Å². The Morgan fingerprint density at radius 2 is 1.94 bits per heavy atom. The number of rotatable bonds is 3. The Labute approximate surface area is 186 Å². The van der Waals surface area contributed by atoms with Crippen LogP contribution in [0.2, 0.25) is 0 Å². The molecule has 0 bridgehead atoms. The summed E-state index contributed by atoms with van der Waals surface area (Å²) >= 11 is 0. The Balaban J connectivity index is 0.000000243. The van der Waals surface area contributed by atoms with Gasteiger partial charge in [-0.3, -0.25) is 14.2 Å². The number of nitrogens with two attached hydrogens (primary N) is 1. The number of halogens is 1. The van der Waals surface area contributed by atoms with Crippen molar-refractivity contribution in [2.75, 3.05) is 12.8 Å². The lowest BCUT2D eigenvalue weighted by Crippen LogP contribution is -2.18. The maximum Gasteiger partial charge on any atom is 0.308 e. The third-order valence-corrected chi connectivity index (χ3v) is 5.36. The predicted molar refractivity (Wildman–Crippen MR) is 121 cm³/mol. The van der Waals surface area contributed by atoms with Gasteiger partial charge in [-0.05, 0) is 37.5 Å². The SMILES string of the molecule is COC(=O)C1CCCCC1.Cc1ccc(=O)n(-c2cccc(-c3nc(N)ncc3F)c2)c1. The molecular weight excluding hydrogens is 411 g/mol. The van der Waals surface area contributed by atoms with Gasteiger partial charge in [-0.1, -0.05) is 37.5 Å². The number of anilines is 1. The Morgan fingerprint density at radius 3 is 2.66 bits per heavy atom. The van der Waals surface area contributed by atoms with Crippen LogP contribution in [0.4, 0.5) is 10.3 Å². The Morgan fingerprint density at radius 1 is 1.19 bits per heavy atom. The first-order valence-electron chi connectivity index (χ1n) is 10.5. The summed E-state index contributed by atoms with van der Waals surface area (Å²) in [5, 5.41) is 0. The molecule has 2 aromatic heterocycles. The molecule has 4 rings (SSSR count). The summed E-state index contributed by atoms with van der Waals surface area (Å²) in [7, 11) is 1.47. The number of aromatic nitrogens is 3. The molecule has 0 atom stereocenters. The highest BCUT2D eigenvalue weighted by atomic mass is 19.1. The maximum absolute atomic E-state index is 13.9. The van der Waals surface area contributed by atoms with Crippen LogP contribution in [0, 0.1) is 18.7 Å². The molecule has 7 nitrogen and oxygen atoms in total. The van der Waals surface area contributed by atoms with Crippen LogP contribution in [0.3, 0.4) is 0 Å². The molecule has 8 heteroatoms. The maximum atomic E-state index is 13.9. The van der Waals surface area contributed by atoms with E-state index in [-0.39, 0.29) is 29.1 Å². The van der Waals surface area contributed by atoms with Crippen molar-refractivity contribution in [3.63, 3.8) is 0 Å². The normalized spacial score (nSPS) is 13.7. The van der Waals surface area contributed by atoms with Crippen molar-refractivity contribution in [3.05, 3.63) is 70.5 Å². The van der Waals surface area contributed by atoms with Gasteiger partial charge >= 0.3 is 5.97 Å². The number of ether oxygens (including phenoxy) is 1. The number of hydrogen-bond acceptors (Lipinski definition) is 6. The fraction of sp³-hybridized carbons (Fsp3) is 0.333. The number of benzene rings is 1. The number of aryl methyl sites for hydroxylation is 1. The predicted octanol–water partition coefficient (Wildman–Crippen LogP) is 4.06. The van der Waals surface area contributed by atoms with E-state index in [0.717, 1.165) is 24.6 Å². The summed E-state index contributed by atoms with van der Waals surface area (Å²) in [6.07, 6.45) is 8.50. The zero-order valence-corrected chi connectivity index (χ0v) is 18.3. The van der Waals surface area contributed by atoms with E-state index in [2.05, 4.69) is 14.7 Å². The van der Waals surface area contributed by atoms with E-state index in [9.17, 15) is 14.0 Å². The number of carbonyl (C=O) groups excluding carboxylic acids is 1. The fourth-order valence-corrected chi connectivity index (χ4v) is 3.69. The van der Waals surface area contributed by atoms with Gasteiger partial charge in [0.15, 0.2) is 5.82 Å². The fourth-order valence-electron chi connectivity index (χ4n) is 3.69. The van der Waals surface area contributed by atoms with Crippen molar-refractivity contribution in [3.8, 4) is 16.9 Å². The van der Waals surface area contributed by atoms with Crippen LogP contribution in [0.25, 0.3) is 16.9 Å². The average molecular weight is 439 g/mol. The molecule has 0 radical (unpaired) electrons. The largest absolute Gasteiger partial charge is 0.469 e. The van der Waals surface area contributed by atoms with Gasteiger partial charge in [0.25, 0.3) is 5.56 Å². The molecular formula is C24H27FN4O3. The van der Waals surface area contributed by atoms with Crippen molar-refractivity contribution in [2.45, 2.75) is 39.0 Å². The smallest absolute Gasteiger partial charge is 0.308 e. The van der Waals surface area contributed by atoms with Crippen LogP contribution in [-0.4, -0.2) is 27.6 Å². The van der Waals surface area contributed by atoms with Gasteiger partial charge in [0.05, 0.1) is 19.2 Å². The van der Waals surface area contributed by atoms with Gasteiger partial charge in [0.1, 0.15) is 5.69 Å². The lowest BCUT2D eigenvalue weighted by Gasteiger charge is -2.18. The molecule has 0 unspecified atom stereocenters. The standard InChI is InChI=1S/C16H13FN4O.C8H14O2/c1-10-5-6-14(22)21(9-10)12-4-2-3-11(7-12)15-13(17)8-19-16(18)20-15;1-10-8(9)7-5-3-2-4-6-7/h2-9H,1H3,(H2,18,19,20);7H,2-6H2,1H3.